The standard InChI is InChI=1S/C21H18F5N5O2/c1-3-18(30-11-27-10-28-30)31-19(32)14-6-4-12(20(24,25)26)8-17(14)29(2)21(31,33)15-7-5-13(22)9-16(15)23/h4-11,18,33H,3H2,1-2H3. The van der Waals surface area contributed by atoms with Crippen LogP contribution in [0.3, 0.4) is 0 Å². The number of aromatic nitrogens is 3. The van der Waals surface area contributed by atoms with Gasteiger partial charge in [-0.1, -0.05) is 6.92 Å². The zero-order valence-electron chi connectivity index (χ0n) is 17.4. The second kappa shape index (κ2) is 7.80. The minimum Gasteiger partial charge on any atom is -0.350 e. The van der Waals surface area contributed by atoms with Crippen LogP contribution in [0, 0.1) is 11.6 Å². The second-order valence-corrected chi connectivity index (χ2v) is 7.49. The van der Waals surface area contributed by atoms with E-state index < -0.39 is 46.9 Å². The zero-order chi connectivity index (χ0) is 24.1. The minimum absolute atomic E-state index is 0.142. The summed E-state index contributed by atoms with van der Waals surface area (Å²) in [7, 11) is 1.22. The summed E-state index contributed by atoms with van der Waals surface area (Å²) in [4.78, 5) is 19.3. The van der Waals surface area contributed by atoms with Crippen molar-refractivity contribution in [3.63, 3.8) is 0 Å². The molecular formula is C21H18F5N5O2. The van der Waals surface area contributed by atoms with Crippen LogP contribution >= 0.6 is 0 Å². The molecule has 0 spiro atoms. The molecule has 0 bridgehead atoms. The lowest BCUT2D eigenvalue weighted by Crippen LogP contribution is -2.64. The molecule has 0 aliphatic carbocycles. The van der Waals surface area contributed by atoms with Gasteiger partial charge in [0.05, 0.1) is 22.4 Å². The number of anilines is 1. The molecule has 2 aromatic carbocycles. The summed E-state index contributed by atoms with van der Waals surface area (Å²) in [5.74, 6) is -5.62. The number of carbonyl (C=O) groups excluding carboxylic acids is 1. The fraction of sp³-hybridized carbons (Fsp3) is 0.286. The first-order valence-electron chi connectivity index (χ1n) is 9.80. The molecule has 174 valence electrons. The fourth-order valence-electron chi connectivity index (χ4n) is 4.04. The Kier molecular flexibility index (Phi) is 5.35. The van der Waals surface area contributed by atoms with Crippen LogP contribution in [-0.4, -0.2) is 37.7 Å². The number of rotatable bonds is 4. The molecule has 7 nitrogen and oxygen atoms in total. The van der Waals surface area contributed by atoms with Crippen LogP contribution < -0.4 is 4.90 Å². The SMILES string of the molecule is CCC(N1C(=O)c2ccc(C(F)(F)F)cc2N(C)C1(O)c1ccc(F)cc1F)n1cncn1. The Labute approximate surface area is 184 Å². The highest BCUT2D eigenvalue weighted by Gasteiger charge is 2.53. The van der Waals surface area contributed by atoms with E-state index in [4.69, 9.17) is 0 Å². The van der Waals surface area contributed by atoms with Gasteiger partial charge in [0.1, 0.15) is 30.5 Å². The Hall–Kier alpha value is -3.54. The van der Waals surface area contributed by atoms with Gasteiger partial charge in [-0.25, -0.2) is 18.4 Å². The molecule has 1 N–H and O–H groups in total. The highest BCUT2D eigenvalue weighted by atomic mass is 19.4. The zero-order valence-corrected chi connectivity index (χ0v) is 17.4. The number of fused-ring (bicyclic) bond motifs is 1. The van der Waals surface area contributed by atoms with Crippen LogP contribution in [0.5, 0.6) is 0 Å². The van der Waals surface area contributed by atoms with E-state index in [0.29, 0.717) is 12.1 Å². The molecule has 4 rings (SSSR count). The van der Waals surface area contributed by atoms with Crippen LogP contribution in [0.2, 0.25) is 0 Å². The van der Waals surface area contributed by atoms with Gasteiger partial charge in [-0.2, -0.15) is 18.3 Å². The largest absolute Gasteiger partial charge is 0.416 e. The Morgan fingerprint density at radius 1 is 1.15 bits per heavy atom. The van der Waals surface area contributed by atoms with Crippen molar-refractivity contribution in [2.75, 3.05) is 11.9 Å². The first-order valence-corrected chi connectivity index (χ1v) is 9.80. The van der Waals surface area contributed by atoms with Crippen LogP contribution in [-0.2, 0) is 12.0 Å². The van der Waals surface area contributed by atoms with E-state index in [1.807, 2.05) is 0 Å². The molecule has 0 fully saturated rings. The average Bonchev–Trinajstić information content (AvgIpc) is 3.28. The number of aliphatic hydroxyl groups is 1. The van der Waals surface area contributed by atoms with Crippen LogP contribution in [0.4, 0.5) is 27.6 Å². The van der Waals surface area contributed by atoms with Crippen molar-refractivity contribution in [1.82, 2.24) is 19.7 Å². The predicted molar refractivity (Wildman–Crippen MR) is 106 cm³/mol. The summed E-state index contributed by atoms with van der Waals surface area (Å²) < 4.78 is 69.9. The third-order valence-electron chi connectivity index (χ3n) is 5.64. The number of alkyl halides is 3. The lowest BCUT2D eigenvalue weighted by atomic mass is 9.96. The molecule has 2 atom stereocenters. The summed E-state index contributed by atoms with van der Waals surface area (Å²) in [5, 5.41) is 15.9. The van der Waals surface area contributed by atoms with E-state index in [0.717, 1.165) is 34.1 Å². The van der Waals surface area contributed by atoms with E-state index in [1.54, 1.807) is 6.92 Å². The number of carbonyl (C=O) groups is 1. The topological polar surface area (TPSA) is 74.5 Å². The first kappa shape index (κ1) is 22.6. The molecule has 33 heavy (non-hydrogen) atoms. The predicted octanol–water partition coefficient (Wildman–Crippen LogP) is 3.88. The van der Waals surface area contributed by atoms with Gasteiger partial charge in [0, 0.05) is 13.1 Å². The molecule has 1 amide bonds. The summed E-state index contributed by atoms with van der Waals surface area (Å²) in [6, 6.07) is 4.79. The molecular weight excluding hydrogens is 449 g/mol. The third kappa shape index (κ3) is 3.50. The molecule has 0 saturated carbocycles. The van der Waals surface area contributed by atoms with Crippen molar-refractivity contribution in [3.8, 4) is 0 Å². The van der Waals surface area contributed by atoms with Crippen molar-refractivity contribution >= 4 is 11.6 Å². The fourth-order valence-corrected chi connectivity index (χ4v) is 4.04. The smallest absolute Gasteiger partial charge is 0.350 e. The molecule has 3 aromatic rings. The minimum atomic E-state index is -4.72. The average molecular weight is 467 g/mol. The second-order valence-electron chi connectivity index (χ2n) is 7.49. The van der Waals surface area contributed by atoms with Crippen molar-refractivity contribution in [2.24, 2.45) is 0 Å². The number of hydrogen-bond donors (Lipinski definition) is 1. The van der Waals surface area contributed by atoms with E-state index >= 15 is 0 Å². The van der Waals surface area contributed by atoms with Crippen molar-refractivity contribution in [3.05, 3.63) is 77.4 Å². The van der Waals surface area contributed by atoms with E-state index in [1.165, 1.54) is 24.4 Å². The van der Waals surface area contributed by atoms with E-state index in [9.17, 15) is 31.9 Å². The summed E-state index contributed by atoms with van der Waals surface area (Å²) >= 11 is 0. The van der Waals surface area contributed by atoms with E-state index in [-0.39, 0.29) is 17.7 Å². The van der Waals surface area contributed by atoms with Crippen LogP contribution in [0.1, 0.15) is 41.0 Å². The van der Waals surface area contributed by atoms with Crippen molar-refractivity contribution in [2.45, 2.75) is 31.5 Å². The van der Waals surface area contributed by atoms with Gasteiger partial charge in [0.25, 0.3) is 11.8 Å². The normalized spacial score (nSPS) is 19.6. The van der Waals surface area contributed by atoms with Gasteiger partial charge in [-0.3, -0.25) is 9.69 Å². The summed E-state index contributed by atoms with van der Waals surface area (Å²) in [6.45, 7) is 1.67. The Morgan fingerprint density at radius 3 is 2.45 bits per heavy atom. The molecule has 2 heterocycles. The molecule has 12 heteroatoms. The van der Waals surface area contributed by atoms with Gasteiger partial charge in [0.2, 0.25) is 0 Å². The van der Waals surface area contributed by atoms with Crippen LogP contribution in [0.15, 0.2) is 49.1 Å². The monoisotopic (exact) mass is 467 g/mol. The van der Waals surface area contributed by atoms with Crippen molar-refractivity contribution < 1.29 is 31.9 Å². The molecule has 2 unspecified atom stereocenters. The van der Waals surface area contributed by atoms with Gasteiger partial charge in [-0.15, -0.1) is 0 Å². The van der Waals surface area contributed by atoms with Crippen LogP contribution in [0.25, 0.3) is 0 Å². The van der Waals surface area contributed by atoms with Gasteiger partial charge < -0.3 is 10.0 Å². The highest BCUT2D eigenvalue weighted by Crippen LogP contribution is 2.46. The maximum absolute atomic E-state index is 14.9. The van der Waals surface area contributed by atoms with Gasteiger partial charge in [-0.05, 0) is 36.8 Å². The quantitative estimate of drug-likeness (QED) is 0.590. The Morgan fingerprint density at radius 2 is 1.88 bits per heavy atom. The third-order valence-corrected chi connectivity index (χ3v) is 5.64. The maximum atomic E-state index is 14.9. The van der Waals surface area contributed by atoms with Gasteiger partial charge >= 0.3 is 6.18 Å². The molecule has 1 aliphatic rings. The summed E-state index contributed by atoms with van der Waals surface area (Å²) in [5.41, 5.74) is -2.00. The maximum Gasteiger partial charge on any atom is 0.416 e. The molecule has 0 saturated heterocycles. The number of nitrogens with zero attached hydrogens (tertiary/aromatic N) is 5. The highest BCUT2D eigenvalue weighted by molar-refractivity contribution is 6.02. The Bertz CT molecular complexity index is 1200. The van der Waals surface area contributed by atoms with Crippen molar-refractivity contribution in [1.29, 1.82) is 0 Å². The number of amides is 1. The summed E-state index contributed by atoms with van der Waals surface area (Å²) in [6.07, 6.45) is -3.08. The van der Waals surface area contributed by atoms with Gasteiger partial charge in [0.15, 0.2) is 0 Å². The molecule has 0 radical (unpaired) electrons. The molecule has 1 aliphatic heterocycles. The molecule has 1 aromatic heterocycles. The number of benzene rings is 2. The lowest BCUT2D eigenvalue weighted by Gasteiger charge is -2.52. The van der Waals surface area contributed by atoms with E-state index in [2.05, 4.69) is 10.1 Å². The Balaban J connectivity index is 2.00. The first-order chi connectivity index (χ1) is 15.5. The number of hydrogen-bond acceptors (Lipinski definition) is 5. The lowest BCUT2D eigenvalue weighted by molar-refractivity contribution is -0.139. The number of halogens is 5.